The van der Waals surface area contributed by atoms with Crippen LogP contribution >= 0.6 is 11.8 Å². The summed E-state index contributed by atoms with van der Waals surface area (Å²) >= 11 is 1.69. The van der Waals surface area contributed by atoms with Gasteiger partial charge in [-0.3, -0.25) is 0 Å². The third-order valence-electron chi connectivity index (χ3n) is 5.65. The van der Waals surface area contributed by atoms with E-state index in [1.807, 2.05) is 31.2 Å². The summed E-state index contributed by atoms with van der Waals surface area (Å²) in [7, 11) is 0. The van der Waals surface area contributed by atoms with E-state index in [1.54, 1.807) is 28.8 Å². The van der Waals surface area contributed by atoms with Gasteiger partial charge < -0.3 is 14.4 Å². The van der Waals surface area contributed by atoms with E-state index in [1.165, 1.54) is 6.33 Å². The first-order valence-electron chi connectivity index (χ1n) is 10.7. The molecule has 1 aliphatic carbocycles. The monoisotopic (exact) mass is 448 g/mol. The zero-order chi connectivity index (χ0) is 22.1. The lowest BCUT2D eigenvalue weighted by Crippen LogP contribution is -2.10. The summed E-state index contributed by atoms with van der Waals surface area (Å²) in [5.74, 6) is 0.409. The predicted molar refractivity (Wildman–Crippen MR) is 123 cm³/mol. The van der Waals surface area contributed by atoms with Crippen LogP contribution in [0.25, 0.3) is 10.9 Å². The van der Waals surface area contributed by atoms with Crippen molar-refractivity contribution in [1.82, 2.24) is 19.3 Å². The van der Waals surface area contributed by atoms with Crippen molar-refractivity contribution in [2.45, 2.75) is 43.0 Å². The lowest BCUT2D eigenvalue weighted by Gasteiger charge is -2.11. The average Bonchev–Trinajstić information content (AvgIpc) is 3.39. The molecular formula is C24H24N4O3S. The third-order valence-corrected chi connectivity index (χ3v) is 6.68. The summed E-state index contributed by atoms with van der Waals surface area (Å²) in [4.78, 5) is 18.4. The quantitative estimate of drug-likeness (QED) is 0.308. The molecule has 32 heavy (non-hydrogen) atoms. The number of esters is 1. The normalized spacial score (nSPS) is 13.5. The second kappa shape index (κ2) is 8.70. The molecule has 0 spiro atoms. The number of carbonyl (C=O) groups is 1. The van der Waals surface area contributed by atoms with Crippen molar-refractivity contribution in [2.75, 3.05) is 6.61 Å². The van der Waals surface area contributed by atoms with Gasteiger partial charge in [-0.25, -0.2) is 14.5 Å². The maximum atomic E-state index is 13.3. The fourth-order valence-corrected chi connectivity index (χ4v) is 5.07. The molecule has 2 heterocycles. The molecule has 0 bridgehead atoms. The van der Waals surface area contributed by atoms with E-state index in [0.29, 0.717) is 29.5 Å². The van der Waals surface area contributed by atoms with Gasteiger partial charge in [0.2, 0.25) is 0 Å². The Bertz CT molecular complexity index is 1250. The van der Waals surface area contributed by atoms with Crippen LogP contribution in [0.3, 0.4) is 0 Å². The van der Waals surface area contributed by atoms with Crippen molar-refractivity contribution >= 4 is 28.6 Å². The molecule has 1 N–H and O–H groups in total. The van der Waals surface area contributed by atoms with Crippen LogP contribution in [0, 0.1) is 0 Å². The van der Waals surface area contributed by atoms with Crippen LogP contribution in [0.4, 0.5) is 0 Å². The predicted octanol–water partition coefficient (Wildman–Crippen LogP) is 4.79. The van der Waals surface area contributed by atoms with E-state index < -0.39 is 0 Å². The molecule has 0 saturated heterocycles. The van der Waals surface area contributed by atoms with Crippen molar-refractivity contribution in [3.63, 3.8) is 0 Å². The van der Waals surface area contributed by atoms with E-state index in [2.05, 4.69) is 26.8 Å². The number of ether oxygens (including phenoxy) is 1. The van der Waals surface area contributed by atoms with Gasteiger partial charge in [0.05, 0.1) is 24.2 Å². The summed E-state index contributed by atoms with van der Waals surface area (Å²) < 4.78 is 9.42. The zero-order valence-corrected chi connectivity index (χ0v) is 18.6. The van der Waals surface area contributed by atoms with E-state index in [9.17, 15) is 9.90 Å². The van der Waals surface area contributed by atoms with Crippen LogP contribution in [0.15, 0.2) is 60.0 Å². The van der Waals surface area contributed by atoms with Gasteiger partial charge in [-0.15, -0.1) is 11.8 Å². The molecule has 4 aromatic rings. The molecule has 1 aliphatic rings. The van der Waals surface area contributed by atoms with Crippen LogP contribution in [0.5, 0.6) is 5.75 Å². The number of hydrogen-bond acceptors (Lipinski definition) is 6. The minimum Gasteiger partial charge on any atom is -0.508 e. The van der Waals surface area contributed by atoms with Crippen molar-refractivity contribution in [2.24, 2.45) is 0 Å². The summed E-state index contributed by atoms with van der Waals surface area (Å²) in [6.45, 7) is 2.41. The van der Waals surface area contributed by atoms with E-state index in [-0.39, 0.29) is 18.3 Å². The SMILES string of the molecule is CCOC(=O)c1c(CSc2ccccc2)n(C2CC2)c2ccc(O)c(Cn3cncn3)c12. The van der Waals surface area contributed by atoms with Gasteiger partial charge in [0.1, 0.15) is 18.4 Å². The summed E-state index contributed by atoms with van der Waals surface area (Å²) in [6.07, 6.45) is 5.22. The van der Waals surface area contributed by atoms with Gasteiger partial charge in [0.25, 0.3) is 0 Å². The number of phenols is 1. The first-order chi connectivity index (χ1) is 15.7. The van der Waals surface area contributed by atoms with Crippen molar-refractivity contribution in [3.05, 3.63) is 71.9 Å². The number of phenolic OH excluding ortho intramolecular Hbond substituents is 1. The minimum atomic E-state index is -0.356. The molecule has 0 unspecified atom stereocenters. The Morgan fingerprint density at radius 1 is 1.22 bits per heavy atom. The highest BCUT2D eigenvalue weighted by atomic mass is 32.2. The van der Waals surface area contributed by atoms with E-state index in [4.69, 9.17) is 4.74 Å². The van der Waals surface area contributed by atoms with Crippen LogP contribution in [0.2, 0.25) is 0 Å². The molecule has 2 aromatic carbocycles. The molecule has 0 atom stereocenters. The standard InChI is InChI=1S/C24H24N4O3S/c1-2-31-24(30)23-20(13-32-17-6-4-3-5-7-17)28(16-8-9-16)19-10-11-21(29)18(22(19)23)12-27-15-25-14-26-27/h3-7,10-11,14-16,29H,2,8-9,12-13H2,1H3. The molecule has 0 amide bonds. The number of nitrogens with zero attached hydrogens (tertiary/aromatic N) is 4. The molecule has 0 radical (unpaired) electrons. The Morgan fingerprint density at radius 3 is 2.72 bits per heavy atom. The number of rotatable bonds is 8. The smallest absolute Gasteiger partial charge is 0.340 e. The van der Waals surface area contributed by atoms with E-state index >= 15 is 0 Å². The first-order valence-corrected chi connectivity index (χ1v) is 11.7. The lowest BCUT2D eigenvalue weighted by molar-refractivity contribution is 0.0527. The van der Waals surface area contributed by atoms with Gasteiger partial charge in [-0.2, -0.15) is 5.10 Å². The molecule has 7 nitrogen and oxygen atoms in total. The second-order valence-electron chi connectivity index (χ2n) is 7.80. The van der Waals surface area contributed by atoms with Crippen molar-refractivity contribution in [3.8, 4) is 5.75 Å². The lowest BCUT2D eigenvalue weighted by atomic mass is 10.0. The summed E-state index contributed by atoms with van der Waals surface area (Å²) in [6, 6.07) is 14.1. The molecule has 1 saturated carbocycles. The molecular weight excluding hydrogens is 424 g/mol. The third kappa shape index (κ3) is 3.86. The fourth-order valence-electron chi connectivity index (χ4n) is 4.13. The van der Waals surface area contributed by atoms with Gasteiger partial charge >= 0.3 is 5.97 Å². The highest BCUT2D eigenvalue weighted by molar-refractivity contribution is 7.98. The molecule has 0 aliphatic heterocycles. The topological polar surface area (TPSA) is 82.2 Å². The zero-order valence-electron chi connectivity index (χ0n) is 17.8. The number of carbonyl (C=O) groups excluding carboxylic acids is 1. The Hall–Kier alpha value is -3.26. The van der Waals surface area contributed by atoms with Crippen LogP contribution in [-0.4, -0.2) is 37.0 Å². The highest BCUT2D eigenvalue weighted by Crippen LogP contribution is 2.45. The van der Waals surface area contributed by atoms with Crippen molar-refractivity contribution in [1.29, 1.82) is 0 Å². The number of hydrogen-bond donors (Lipinski definition) is 1. The Morgan fingerprint density at radius 2 is 2.03 bits per heavy atom. The number of aromatic hydroxyl groups is 1. The molecule has 164 valence electrons. The summed E-state index contributed by atoms with van der Waals surface area (Å²) in [5, 5.41) is 15.7. The number of benzene rings is 2. The molecule has 2 aromatic heterocycles. The molecule has 8 heteroatoms. The second-order valence-corrected chi connectivity index (χ2v) is 8.84. The van der Waals surface area contributed by atoms with Gasteiger partial charge in [0.15, 0.2) is 0 Å². The average molecular weight is 449 g/mol. The largest absolute Gasteiger partial charge is 0.508 e. The maximum Gasteiger partial charge on any atom is 0.340 e. The van der Waals surface area contributed by atoms with Crippen LogP contribution < -0.4 is 0 Å². The highest BCUT2D eigenvalue weighted by Gasteiger charge is 2.34. The number of fused-ring (bicyclic) bond motifs is 1. The molecule has 1 fully saturated rings. The molecule has 5 rings (SSSR count). The fraction of sp³-hybridized carbons (Fsp3) is 0.292. The summed E-state index contributed by atoms with van der Waals surface area (Å²) in [5.41, 5.74) is 3.09. The Labute approximate surface area is 190 Å². The van der Waals surface area contributed by atoms with E-state index in [0.717, 1.165) is 34.3 Å². The van der Waals surface area contributed by atoms with Gasteiger partial charge in [-0.05, 0) is 44.0 Å². The number of aromatic nitrogens is 4. The van der Waals surface area contributed by atoms with Crippen molar-refractivity contribution < 1.29 is 14.6 Å². The minimum absolute atomic E-state index is 0.133. The maximum absolute atomic E-state index is 13.3. The van der Waals surface area contributed by atoms with Gasteiger partial charge in [0, 0.05) is 33.3 Å². The Kier molecular flexibility index (Phi) is 5.61. The van der Waals surface area contributed by atoms with Gasteiger partial charge in [-0.1, -0.05) is 18.2 Å². The number of thioether (sulfide) groups is 1. The van der Waals surface area contributed by atoms with Crippen LogP contribution in [0.1, 0.15) is 47.4 Å². The Balaban J connectivity index is 1.70. The first kappa shape index (κ1) is 20.6. The van der Waals surface area contributed by atoms with Crippen LogP contribution in [-0.2, 0) is 17.0 Å².